The van der Waals surface area contributed by atoms with Crippen LogP contribution in [0.3, 0.4) is 0 Å². The van der Waals surface area contributed by atoms with E-state index in [9.17, 15) is 4.79 Å². The van der Waals surface area contributed by atoms with Gasteiger partial charge in [0.25, 0.3) is 0 Å². The second-order valence-corrected chi connectivity index (χ2v) is 4.64. The summed E-state index contributed by atoms with van der Waals surface area (Å²) < 4.78 is 12.7. The normalized spacial score (nSPS) is 13.3. The number of hydrogen-bond acceptors (Lipinski definition) is 4. The number of ether oxygens (including phenoxy) is 2. The van der Waals surface area contributed by atoms with Gasteiger partial charge in [-0.3, -0.25) is 0 Å². The van der Waals surface area contributed by atoms with Crippen LogP contribution in [0.25, 0.3) is 5.69 Å². The fourth-order valence-electron chi connectivity index (χ4n) is 2.27. The zero-order valence-electron chi connectivity index (χ0n) is 11.2. The Hall–Kier alpha value is -2.50. The van der Waals surface area contributed by atoms with Crippen LogP contribution in [-0.4, -0.2) is 34.1 Å². The van der Waals surface area contributed by atoms with Gasteiger partial charge in [0.1, 0.15) is 18.8 Å². The smallest absolute Gasteiger partial charge is 0.339 e. The highest BCUT2D eigenvalue weighted by atomic mass is 16.6. The number of aromatic carboxylic acids is 1. The summed E-state index contributed by atoms with van der Waals surface area (Å²) in [5, 5.41) is 13.2. The van der Waals surface area contributed by atoms with Crippen molar-refractivity contribution in [3.8, 4) is 17.2 Å². The Morgan fingerprint density at radius 3 is 2.50 bits per heavy atom. The largest absolute Gasteiger partial charge is 0.486 e. The molecule has 104 valence electrons. The van der Waals surface area contributed by atoms with E-state index in [1.165, 1.54) is 6.20 Å². The molecule has 6 heteroatoms. The fraction of sp³-hybridized carbons (Fsp3) is 0.286. The third-order valence-corrected chi connectivity index (χ3v) is 3.33. The van der Waals surface area contributed by atoms with Crippen LogP contribution in [0.2, 0.25) is 0 Å². The molecule has 1 aliphatic heterocycles. The Balaban J connectivity index is 2.12. The molecule has 2 aromatic rings. The molecule has 2 heterocycles. The highest BCUT2D eigenvalue weighted by Gasteiger charge is 2.19. The lowest BCUT2D eigenvalue weighted by Crippen LogP contribution is -2.16. The van der Waals surface area contributed by atoms with Crippen LogP contribution < -0.4 is 9.47 Å². The number of rotatable bonds is 2. The summed E-state index contributed by atoms with van der Waals surface area (Å²) in [6.07, 6.45) is 1.36. The summed E-state index contributed by atoms with van der Waals surface area (Å²) in [7, 11) is 0. The second kappa shape index (κ2) is 4.56. The monoisotopic (exact) mass is 274 g/mol. The average Bonchev–Trinajstić information content (AvgIpc) is 2.80. The summed E-state index contributed by atoms with van der Waals surface area (Å²) in [4.78, 5) is 11.1. The van der Waals surface area contributed by atoms with Gasteiger partial charge in [-0.2, -0.15) is 5.10 Å². The fourth-order valence-corrected chi connectivity index (χ4v) is 2.27. The first-order valence-corrected chi connectivity index (χ1v) is 6.26. The zero-order chi connectivity index (χ0) is 14.3. The van der Waals surface area contributed by atoms with Crippen LogP contribution in [0.4, 0.5) is 0 Å². The number of benzene rings is 1. The van der Waals surface area contributed by atoms with Crippen molar-refractivity contribution >= 4 is 5.97 Å². The van der Waals surface area contributed by atoms with E-state index in [2.05, 4.69) is 5.10 Å². The summed E-state index contributed by atoms with van der Waals surface area (Å²) in [6.45, 7) is 4.70. The van der Waals surface area contributed by atoms with Gasteiger partial charge in [-0.05, 0) is 25.5 Å². The van der Waals surface area contributed by atoms with Gasteiger partial charge in [-0.15, -0.1) is 0 Å². The lowest BCUT2D eigenvalue weighted by atomic mass is 10.1. The molecule has 6 nitrogen and oxygen atoms in total. The lowest BCUT2D eigenvalue weighted by molar-refractivity contribution is 0.0696. The standard InChI is InChI=1S/C14H14N2O4/c1-8-5-12-13(20-4-3-19-12)6-11(8)16-9(2)10(7-15-16)14(17)18/h5-7H,3-4H2,1-2H3,(H,17,18). The highest BCUT2D eigenvalue weighted by Crippen LogP contribution is 2.34. The molecule has 0 saturated heterocycles. The van der Waals surface area contributed by atoms with Gasteiger partial charge in [-0.1, -0.05) is 0 Å². The molecule has 0 fully saturated rings. The molecule has 1 aliphatic rings. The third kappa shape index (κ3) is 1.89. The number of nitrogens with zero attached hydrogens (tertiary/aromatic N) is 2. The Bertz CT molecular complexity index is 691. The molecular weight excluding hydrogens is 260 g/mol. The summed E-state index contributed by atoms with van der Waals surface area (Å²) in [5.41, 5.74) is 2.51. The zero-order valence-corrected chi connectivity index (χ0v) is 11.2. The molecule has 0 aliphatic carbocycles. The van der Waals surface area contributed by atoms with Gasteiger partial charge in [0.15, 0.2) is 11.5 Å². The first-order valence-electron chi connectivity index (χ1n) is 6.26. The number of carboxylic acids is 1. The van der Waals surface area contributed by atoms with E-state index in [1.54, 1.807) is 11.6 Å². The molecule has 3 rings (SSSR count). The van der Waals surface area contributed by atoms with Gasteiger partial charge < -0.3 is 14.6 Å². The topological polar surface area (TPSA) is 73.6 Å². The second-order valence-electron chi connectivity index (χ2n) is 4.64. The van der Waals surface area contributed by atoms with Gasteiger partial charge in [0.05, 0.1) is 17.6 Å². The molecule has 0 unspecified atom stereocenters. The molecule has 0 spiro atoms. The Kier molecular flexibility index (Phi) is 2.85. The molecule has 20 heavy (non-hydrogen) atoms. The molecular formula is C14H14N2O4. The van der Waals surface area contributed by atoms with Crippen molar-refractivity contribution in [1.29, 1.82) is 0 Å². The van der Waals surface area contributed by atoms with Gasteiger partial charge in [-0.25, -0.2) is 9.48 Å². The van der Waals surface area contributed by atoms with Crippen LogP contribution in [0.1, 0.15) is 21.6 Å². The van der Waals surface area contributed by atoms with Crippen LogP contribution in [0, 0.1) is 13.8 Å². The molecule has 1 N–H and O–H groups in total. The molecule has 0 radical (unpaired) electrons. The summed E-state index contributed by atoms with van der Waals surface area (Å²) >= 11 is 0. The van der Waals surface area contributed by atoms with Gasteiger partial charge >= 0.3 is 5.97 Å². The molecule has 0 bridgehead atoms. The number of aromatic nitrogens is 2. The van der Waals surface area contributed by atoms with Crippen molar-refractivity contribution in [1.82, 2.24) is 9.78 Å². The molecule has 0 amide bonds. The molecule has 0 atom stereocenters. The maximum atomic E-state index is 11.1. The Labute approximate surface area is 115 Å². The minimum Gasteiger partial charge on any atom is -0.486 e. The van der Waals surface area contributed by atoms with Crippen molar-refractivity contribution in [3.63, 3.8) is 0 Å². The van der Waals surface area contributed by atoms with Gasteiger partial charge in [0, 0.05) is 6.07 Å². The van der Waals surface area contributed by atoms with Crippen LogP contribution in [0.5, 0.6) is 11.5 Å². The molecule has 1 aromatic heterocycles. The number of carbonyl (C=O) groups is 1. The Morgan fingerprint density at radius 1 is 1.25 bits per heavy atom. The van der Waals surface area contributed by atoms with Crippen molar-refractivity contribution < 1.29 is 19.4 Å². The van der Waals surface area contributed by atoms with E-state index in [0.29, 0.717) is 30.4 Å². The maximum absolute atomic E-state index is 11.1. The van der Waals surface area contributed by atoms with E-state index in [1.807, 2.05) is 19.1 Å². The summed E-state index contributed by atoms with van der Waals surface area (Å²) in [5.74, 6) is 0.383. The predicted molar refractivity (Wildman–Crippen MR) is 71.0 cm³/mol. The van der Waals surface area contributed by atoms with Crippen molar-refractivity contribution in [2.75, 3.05) is 13.2 Å². The minimum absolute atomic E-state index is 0.194. The van der Waals surface area contributed by atoms with E-state index in [-0.39, 0.29) is 5.56 Å². The average molecular weight is 274 g/mol. The third-order valence-electron chi connectivity index (χ3n) is 3.33. The lowest BCUT2D eigenvalue weighted by Gasteiger charge is -2.20. The van der Waals surface area contributed by atoms with Crippen molar-refractivity contribution in [2.24, 2.45) is 0 Å². The maximum Gasteiger partial charge on any atom is 0.339 e. The Morgan fingerprint density at radius 2 is 1.90 bits per heavy atom. The predicted octanol–water partition coefficient (Wildman–Crippen LogP) is 1.96. The van der Waals surface area contributed by atoms with E-state index < -0.39 is 5.97 Å². The van der Waals surface area contributed by atoms with E-state index >= 15 is 0 Å². The van der Waals surface area contributed by atoms with Gasteiger partial charge in [0.2, 0.25) is 0 Å². The quantitative estimate of drug-likeness (QED) is 0.906. The summed E-state index contributed by atoms with van der Waals surface area (Å²) in [6, 6.07) is 3.71. The van der Waals surface area contributed by atoms with Crippen LogP contribution >= 0.6 is 0 Å². The number of hydrogen-bond donors (Lipinski definition) is 1. The number of aryl methyl sites for hydroxylation is 1. The van der Waals surface area contributed by atoms with Crippen LogP contribution in [-0.2, 0) is 0 Å². The minimum atomic E-state index is -0.982. The number of fused-ring (bicyclic) bond motifs is 1. The first-order chi connectivity index (χ1) is 9.58. The van der Waals surface area contributed by atoms with Crippen molar-refractivity contribution in [3.05, 3.63) is 35.2 Å². The SMILES string of the molecule is Cc1cc2c(cc1-n1ncc(C(=O)O)c1C)OCCO2. The van der Waals surface area contributed by atoms with E-state index in [4.69, 9.17) is 14.6 Å². The molecule has 1 aromatic carbocycles. The number of carboxylic acid groups (broad SMARTS) is 1. The first kappa shape index (κ1) is 12.5. The van der Waals surface area contributed by atoms with Crippen LogP contribution in [0.15, 0.2) is 18.3 Å². The molecule has 0 saturated carbocycles. The van der Waals surface area contributed by atoms with Crippen molar-refractivity contribution in [2.45, 2.75) is 13.8 Å². The highest BCUT2D eigenvalue weighted by molar-refractivity contribution is 5.88. The van der Waals surface area contributed by atoms with E-state index in [0.717, 1.165) is 11.3 Å².